The molecule has 1 atom stereocenters. The quantitative estimate of drug-likeness (QED) is 0.732. The van der Waals surface area contributed by atoms with Crippen molar-refractivity contribution in [3.8, 4) is 5.75 Å². The SMILES string of the molecule is COc1cccc([C@H]2CCCN2C(=O)CSc2nc(C)c(C)c(C)c2C(N)=O)c1. The van der Waals surface area contributed by atoms with Crippen molar-refractivity contribution in [2.45, 2.75) is 44.7 Å². The van der Waals surface area contributed by atoms with Crippen LogP contribution in [0.4, 0.5) is 0 Å². The Labute approximate surface area is 175 Å². The number of nitrogens with zero attached hydrogens (tertiary/aromatic N) is 2. The molecule has 2 aromatic rings. The number of amides is 2. The number of rotatable bonds is 6. The number of pyridine rings is 1. The van der Waals surface area contributed by atoms with Crippen LogP contribution in [0.5, 0.6) is 5.75 Å². The number of aromatic nitrogens is 1. The molecule has 0 saturated carbocycles. The third kappa shape index (κ3) is 4.40. The number of ether oxygens (including phenoxy) is 1. The van der Waals surface area contributed by atoms with Crippen LogP contribution in [-0.4, -0.2) is 41.1 Å². The molecule has 29 heavy (non-hydrogen) atoms. The fraction of sp³-hybridized carbons (Fsp3) is 0.409. The Morgan fingerprint density at radius 3 is 2.72 bits per heavy atom. The van der Waals surface area contributed by atoms with Gasteiger partial charge in [0.1, 0.15) is 10.8 Å². The van der Waals surface area contributed by atoms with Crippen LogP contribution in [-0.2, 0) is 4.79 Å². The highest BCUT2D eigenvalue weighted by molar-refractivity contribution is 8.00. The number of nitrogens with two attached hydrogens (primary N) is 1. The van der Waals surface area contributed by atoms with Gasteiger partial charge >= 0.3 is 0 Å². The largest absolute Gasteiger partial charge is 0.497 e. The number of primary amides is 1. The first-order valence-corrected chi connectivity index (χ1v) is 10.7. The second-order valence-electron chi connectivity index (χ2n) is 7.30. The molecule has 0 unspecified atom stereocenters. The lowest BCUT2D eigenvalue weighted by Crippen LogP contribution is -2.32. The van der Waals surface area contributed by atoms with E-state index in [1.807, 2.05) is 49.9 Å². The van der Waals surface area contributed by atoms with Crippen molar-refractivity contribution in [3.05, 3.63) is 52.2 Å². The Morgan fingerprint density at radius 1 is 1.28 bits per heavy atom. The standard InChI is InChI=1S/C22H27N3O3S/c1-13-14(2)20(21(23)27)22(24-15(13)3)29-12-19(26)25-10-6-9-18(25)16-7-5-8-17(11-16)28-4/h5,7-8,11,18H,6,9-10,12H2,1-4H3,(H2,23,27)/t18-/m1/s1. The van der Waals surface area contributed by atoms with E-state index in [-0.39, 0.29) is 17.7 Å². The monoisotopic (exact) mass is 413 g/mol. The average Bonchev–Trinajstić information content (AvgIpc) is 3.20. The lowest BCUT2D eigenvalue weighted by atomic mass is 10.0. The minimum absolute atomic E-state index is 0.0356. The maximum absolute atomic E-state index is 13.0. The highest BCUT2D eigenvalue weighted by atomic mass is 32.2. The lowest BCUT2D eigenvalue weighted by Gasteiger charge is -2.25. The van der Waals surface area contributed by atoms with Gasteiger partial charge in [0.05, 0.1) is 24.5 Å². The van der Waals surface area contributed by atoms with E-state index in [9.17, 15) is 9.59 Å². The molecule has 0 bridgehead atoms. The first-order valence-electron chi connectivity index (χ1n) is 9.67. The Bertz CT molecular complexity index is 945. The summed E-state index contributed by atoms with van der Waals surface area (Å²) in [5, 5.41) is 0.531. The molecule has 0 aliphatic carbocycles. The van der Waals surface area contributed by atoms with Crippen molar-refractivity contribution in [2.75, 3.05) is 19.4 Å². The summed E-state index contributed by atoms with van der Waals surface area (Å²) in [5.74, 6) is 0.532. The van der Waals surface area contributed by atoms with Gasteiger partial charge in [0.2, 0.25) is 5.91 Å². The number of likely N-dealkylation sites (tertiary alicyclic amines) is 1. The molecule has 1 fully saturated rings. The summed E-state index contributed by atoms with van der Waals surface area (Å²) < 4.78 is 5.32. The van der Waals surface area contributed by atoms with Crippen LogP contribution in [0, 0.1) is 20.8 Å². The lowest BCUT2D eigenvalue weighted by molar-refractivity contribution is -0.129. The zero-order chi connectivity index (χ0) is 21.1. The number of hydrogen-bond acceptors (Lipinski definition) is 5. The molecule has 7 heteroatoms. The Morgan fingerprint density at radius 2 is 2.03 bits per heavy atom. The number of thioether (sulfide) groups is 1. The molecule has 1 aromatic carbocycles. The van der Waals surface area contributed by atoms with Crippen molar-refractivity contribution in [1.29, 1.82) is 0 Å². The van der Waals surface area contributed by atoms with Gasteiger partial charge in [0.25, 0.3) is 5.91 Å². The number of carbonyl (C=O) groups is 2. The van der Waals surface area contributed by atoms with Gasteiger partial charge in [-0.25, -0.2) is 4.98 Å². The van der Waals surface area contributed by atoms with Gasteiger partial charge in [-0.15, -0.1) is 0 Å². The number of aryl methyl sites for hydroxylation is 1. The molecular formula is C22H27N3O3S. The normalized spacial score (nSPS) is 16.1. The maximum atomic E-state index is 13.0. The first kappa shape index (κ1) is 21.2. The second-order valence-corrected chi connectivity index (χ2v) is 8.27. The second kappa shape index (κ2) is 8.86. The number of benzene rings is 1. The van der Waals surface area contributed by atoms with Crippen LogP contribution >= 0.6 is 11.8 Å². The van der Waals surface area contributed by atoms with Gasteiger partial charge in [-0.05, 0) is 62.4 Å². The minimum atomic E-state index is -0.511. The van der Waals surface area contributed by atoms with Crippen LogP contribution in [0.15, 0.2) is 29.3 Å². The summed E-state index contributed by atoms with van der Waals surface area (Å²) in [7, 11) is 1.64. The summed E-state index contributed by atoms with van der Waals surface area (Å²) in [4.78, 5) is 31.4. The van der Waals surface area contributed by atoms with E-state index in [0.29, 0.717) is 10.6 Å². The van der Waals surface area contributed by atoms with Crippen LogP contribution in [0.2, 0.25) is 0 Å². The van der Waals surface area contributed by atoms with Crippen molar-refractivity contribution < 1.29 is 14.3 Å². The van der Waals surface area contributed by atoms with Crippen molar-refractivity contribution in [2.24, 2.45) is 5.73 Å². The molecular weight excluding hydrogens is 386 g/mol. The minimum Gasteiger partial charge on any atom is -0.497 e. The topological polar surface area (TPSA) is 85.5 Å². The average molecular weight is 414 g/mol. The van der Waals surface area contributed by atoms with Crippen LogP contribution in [0.3, 0.4) is 0 Å². The summed E-state index contributed by atoms with van der Waals surface area (Å²) in [5.41, 5.74) is 9.71. The Kier molecular flexibility index (Phi) is 6.47. The molecule has 0 radical (unpaired) electrons. The third-order valence-corrected chi connectivity index (χ3v) is 6.55. The van der Waals surface area contributed by atoms with E-state index in [1.165, 1.54) is 11.8 Å². The van der Waals surface area contributed by atoms with Crippen molar-refractivity contribution in [3.63, 3.8) is 0 Å². The van der Waals surface area contributed by atoms with E-state index in [1.54, 1.807) is 7.11 Å². The van der Waals surface area contributed by atoms with Crippen LogP contribution in [0.25, 0.3) is 0 Å². The Balaban J connectivity index is 1.78. The number of methoxy groups -OCH3 is 1. The molecule has 1 aliphatic rings. The third-order valence-electron chi connectivity index (χ3n) is 5.59. The maximum Gasteiger partial charge on any atom is 0.251 e. The van der Waals surface area contributed by atoms with E-state index < -0.39 is 5.91 Å². The van der Waals surface area contributed by atoms with Gasteiger partial charge in [0.15, 0.2) is 0 Å². The molecule has 1 aliphatic heterocycles. The summed E-state index contributed by atoms with van der Waals surface area (Å²) in [6.45, 7) is 6.42. The fourth-order valence-electron chi connectivity index (χ4n) is 3.78. The van der Waals surface area contributed by atoms with E-state index in [2.05, 4.69) is 4.98 Å². The van der Waals surface area contributed by atoms with Crippen molar-refractivity contribution in [1.82, 2.24) is 9.88 Å². The van der Waals surface area contributed by atoms with Crippen molar-refractivity contribution >= 4 is 23.6 Å². The Hall–Kier alpha value is -2.54. The van der Waals surface area contributed by atoms with E-state index in [0.717, 1.165) is 47.5 Å². The molecule has 2 N–H and O–H groups in total. The number of hydrogen-bond donors (Lipinski definition) is 1. The first-order chi connectivity index (χ1) is 13.8. The molecule has 154 valence electrons. The molecule has 2 amide bonds. The molecule has 3 rings (SSSR count). The van der Waals surface area contributed by atoms with E-state index >= 15 is 0 Å². The van der Waals surface area contributed by atoms with Gasteiger partial charge < -0.3 is 15.4 Å². The van der Waals surface area contributed by atoms with Crippen LogP contribution < -0.4 is 10.5 Å². The molecule has 0 spiro atoms. The van der Waals surface area contributed by atoms with E-state index in [4.69, 9.17) is 10.5 Å². The van der Waals surface area contributed by atoms with Gasteiger partial charge in [-0.3, -0.25) is 9.59 Å². The fourth-order valence-corrected chi connectivity index (χ4v) is 4.81. The summed E-state index contributed by atoms with van der Waals surface area (Å²) in [6, 6.07) is 7.92. The zero-order valence-electron chi connectivity index (χ0n) is 17.3. The molecule has 1 saturated heterocycles. The van der Waals surface area contributed by atoms with Gasteiger partial charge in [-0.1, -0.05) is 23.9 Å². The summed E-state index contributed by atoms with van der Waals surface area (Å²) >= 11 is 1.28. The number of carbonyl (C=O) groups excluding carboxylic acids is 2. The van der Waals surface area contributed by atoms with Gasteiger partial charge in [0, 0.05) is 12.2 Å². The van der Waals surface area contributed by atoms with Crippen LogP contribution in [0.1, 0.15) is 51.6 Å². The highest BCUT2D eigenvalue weighted by Crippen LogP contribution is 2.35. The van der Waals surface area contributed by atoms with Gasteiger partial charge in [-0.2, -0.15) is 0 Å². The predicted octanol–water partition coefficient (Wildman–Crippen LogP) is 3.57. The zero-order valence-corrected chi connectivity index (χ0v) is 18.1. The summed E-state index contributed by atoms with van der Waals surface area (Å²) in [6.07, 6.45) is 1.89. The predicted molar refractivity (Wildman–Crippen MR) is 114 cm³/mol. The highest BCUT2D eigenvalue weighted by Gasteiger charge is 2.30. The smallest absolute Gasteiger partial charge is 0.251 e. The molecule has 1 aromatic heterocycles. The molecule has 2 heterocycles. The molecule has 6 nitrogen and oxygen atoms in total.